The lowest BCUT2D eigenvalue weighted by Crippen LogP contribution is -2.28. The summed E-state index contributed by atoms with van der Waals surface area (Å²) in [6, 6.07) is 3.67. The number of carbonyl (C=O) groups is 2. The van der Waals surface area contributed by atoms with E-state index < -0.39 is 5.97 Å². The van der Waals surface area contributed by atoms with E-state index in [-0.39, 0.29) is 12.3 Å². The summed E-state index contributed by atoms with van der Waals surface area (Å²) in [5.74, 6) is -0.761. The average Bonchev–Trinajstić information content (AvgIpc) is 2.64. The molecule has 0 aliphatic carbocycles. The van der Waals surface area contributed by atoms with Crippen LogP contribution in [0.1, 0.15) is 13.3 Å². The third-order valence-electron chi connectivity index (χ3n) is 1.86. The SMILES string of the molecule is CCOC(=O)CC(=O)N(C)c1ccc(Br)s1. The zero-order valence-corrected chi connectivity index (χ0v) is 11.4. The molecular weight excluding hydrogens is 294 g/mol. The molecule has 1 aromatic rings. The van der Waals surface area contributed by atoms with Crippen molar-refractivity contribution in [3.63, 3.8) is 0 Å². The Labute approximate surface area is 106 Å². The minimum absolute atomic E-state index is 0.222. The molecule has 0 atom stereocenters. The second-order valence-electron chi connectivity index (χ2n) is 3.01. The van der Waals surface area contributed by atoms with Crippen molar-refractivity contribution in [2.45, 2.75) is 13.3 Å². The number of anilines is 1. The molecule has 0 unspecified atom stereocenters. The highest BCUT2D eigenvalue weighted by atomic mass is 79.9. The second-order valence-corrected chi connectivity index (χ2v) is 5.45. The molecule has 1 rings (SSSR count). The van der Waals surface area contributed by atoms with E-state index in [0.717, 1.165) is 8.79 Å². The highest BCUT2D eigenvalue weighted by Crippen LogP contribution is 2.29. The quantitative estimate of drug-likeness (QED) is 0.634. The number of thiophene rings is 1. The summed E-state index contributed by atoms with van der Waals surface area (Å²) < 4.78 is 5.65. The van der Waals surface area contributed by atoms with Crippen molar-refractivity contribution in [2.24, 2.45) is 0 Å². The van der Waals surface area contributed by atoms with Crippen LogP contribution < -0.4 is 4.90 Å². The van der Waals surface area contributed by atoms with Gasteiger partial charge in [-0.25, -0.2) is 0 Å². The highest BCUT2D eigenvalue weighted by molar-refractivity contribution is 9.11. The molecule has 0 radical (unpaired) electrons. The summed E-state index contributed by atoms with van der Waals surface area (Å²) in [4.78, 5) is 24.2. The summed E-state index contributed by atoms with van der Waals surface area (Å²) in [5.41, 5.74) is 0. The molecule has 0 aliphatic heterocycles. The number of carbonyl (C=O) groups excluding carboxylic acids is 2. The Balaban J connectivity index is 2.57. The summed E-state index contributed by atoms with van der Waals surface area (Å²) in [7, 11) is 1.64. The van der Waals surface area contributed by atoms with Crippen molar-refractivity contribution in [3.05, 3.63) is 15.9 Å². The molecule has 0 aromatic carbocycles. The van der Waals surface area contributed by atoms with Gasteiger partial charge in [-0.3, -0.25) is 9.59 Å². The van der Waals surface area contributed by atoms with E-state index in [9.17, 15) is 9.59 Å². The maximum Gasteiger partial charge on any atom is 0.315 e. The molecule has 0 spiro atoms. The summed E-state index contributed by atoms with van der Waals surface area (Å²) >= 11 is 4.75. The molecule has 0 saturated heterocycles. The summed E-state index contributed by atoms with van der Waals surface area (Å²) in [6.07, 6.45) is -0.222. The van der Waals surface area contributed by atoms with E-state index in [1.165, 1.54) is 16.2 Å². The van der Waals surface area contributed by atoms with Crippen LogP contribution in [0.3, 0.4) is 0 Å². The fourth-order valence-electron chi connectivity index (χ4n) is 1.06. The molecule has 1 aromatic heterocycles. The third-order valence-corrected chi connectivity index (χ3v) is 3.56. The van der Waals surface area contributed by atoms with Crippen LogP contribution in [-0.2, 0) is 14.3 Å². The van der Waals surface area contributed by atoms with Gasteiger partial charge in [-0.1, -0.05) is 0 Å². The molecule has 4 nitrogen and oxygen atoms in total. The minimum Gasteiger partial charge on any atom is -0.466 e. The number of rotatable bonds is 4. The van der Waals surface area contributed by atoms with Crippen molar-refractivity contribution in [2.75, 3.05) is 18.6 Å². The third kappa shape index (κ3) is 3.61. The Morgan fingerprint density at radius 3 is 2.69 bits per heavy atom. The maximum atomic E-state index is 11.7. The normalized spacial score (nSPS) is 9.94. The lowest BCUT2D eigenvalue weighted by Gasteiger charge is -2.14. The van der Waals surface area contributed by atoms with Gasteiger partial charge in [0.25, 0.3) is 0 Å². The van der Waals surface area contributed by atoms with Gasteiger partial charge in [-0.15, -0.1) is 11.3 Å². The monoisotopic (exact) mass is 305 g/mol. The largest absolute Gasteiger partial charge is 0.466 e. The Bertz CT molecular complexity index is 391. The number of hydrogen-bond acceptors (Lipinski definition) is 4. The Morgan fingerprint density at radius 1 is 1.50 bits per heavy atom. The molecule has 0 aliphatic rings. The van der Waals surface area contributed by atoms with Crippen LogP contribution in [0.5, 0.6) is 0 Å². The molecule has 6 heteroatoms. The predicted molar refractivity (Wildman–Crippen MR) is 66.7 cm³/mol. The van der Waals surface area contributed by atoms with E-state index in [2.05, 4.69) is 15.9 Å². The van der Waals surface area contributed by atoms with Gasteiger partial charge in [-0.2, -0.15) is 0 Å². The first-order chi connectivity index (χ1) is 7.54. The van der Waals surface area contributed by atoms with Gasteiger partial charge in [0.2, 0.25) is 5.91 Å². The lowest BCUT2D eigenvalue weighted by molar-refractivity contribution is -0.145. The molecule has 88 valence electrons. The van der Waals surface area contributed by atoms with Crippen molar-refractivity contribution >= 4 is 44.1 Å². The van der Waals surface area contributed by atoms with Crippen molar-refractivity contribution < 1.29 is 14.3 Å². The van der Waals surface area contributed by atoms with E-state index in [1.54, 1.807) is 14.0 Å². The number of ether oxygens (including phenoxy) is 1. The van der Waals surface area contributed by atoms with E-state index in [0.29, 0.717) is 6.61 Å². The van der Waals surface area contributed by atoms with Crippen LogP contribution >= 0.6 is 27.3 Å². The molecule has 16 heavy (non-hydrogen) atoms. The van der Waals surface area contributed by atoms with Crippen molar-refractivity contribution in [1.82, 2.24) is 0 Å². The van der Waals surface area contributed by atoms with Crippen LogP contribution in [0.2, 0.25) is 0 Å². The lowest BCUT2D eigenvalue weighted by atomic mass is 10.4. The fraction of sp³-hybridized carbons (Fsp3) is 0.400. The first-order valence-electron chi connectivity index (χ1n) is 4.72. The van der Waals surface area contributed by atoms with Gasteiger partial charge in [0, 0.05) is 7.05 Å². The van der Waals surface area contributed by atoms with Crippen LogP contribution in [0.15, 0.2) is 15.9 Å². The van der Waals surface area contributed by atoms with Crippen molar-refractivity contribution in [1.29, 1.82) is 0 Å². The Morgan fingerprint density at radius 2 is 2.19 bits per heavy atom. The van der Waals surface area contributed by atoms with Gasteiger partial charge in [0.15, 0.2) is 0 Å². The number of nitrogens with zero attached hydrogens (tertiary/aromatic N) is 1. The van der Waals surface area contributed by atoms with Crippen LogP contribution in [0.4, 0.5) is 5.00 Å². The second kappa shape index (κ2) is 6.00. The summed E-state index contributed by atoms with van der Waals surface area (Å²) in [6.45, 7) is 2.00. The van der Waals surface area contributed by atoms with Gasteiger partial charge in [0.05, 0.1) is 15.4 Å². The molecule has 0 saturated carbocycles. The number of amides is 1. The highest BCUT2D eigenvalue weighted by Gasteiger charge is 2.17. The van der Waals surface area contributed by atoms with Gasteiger partial charge in [0.1, 0.15) is 6.42 Å². The zero-order valence-electron chi connectivity index (χ0n) is 9.03. The fourth-order valence-corrected chi connectivity index (χ4v) is 2.40. The first kappa shape index (κ1) is 13.2. The molecule has 0 fully saturated rings. The standard InChI is InChI=1S/C10H12BrNO3S/c1-3-15-10(14)6-8(13)12(2)9-5-4-7(11)16-9/h4-5H,3,6H2,1-2H3. The topological polar surface area (TPSA) is 46.6 Å². The molecule has 1 amide bonds. The zero-order chi connectivity index (χ0) is 12.1. The number of hydrogen-bond donors (Lipinski definition) is 0. The van der Waals surface area contributed by atoms with Crippen LogP contribution in [0.25, 0.3) is 0 Å². The van der Waals surface area contributed by atoms with E-state index >= 15 is 0 Å². The van der Waals surface area contributed by atoms with Crippen molar-refractivity contribution in [3.8, 4) is 0 Å². The van der Waals surface area contributed by atoms with Crippen LogP contribution in [0, 0.1) is 0 Å². The minimum atomic E-state index is -0.491. The van der Waals surface area contributed by atoms with E-state index in [4.69, 9.17) is 4.74 Å². The number of esters is 1. The van der Waals surface area contributed by atoms with Gasteiger partial charge in [-0.05, 0) is 35.0 Å². The number of halogens is 1. The Kier molecular flexibility index (Phi) is 4.95. The molecule has 0 N–H and O–H groups in total. The molecular formula is C10H12BrNO3S. The smallest absolute Gasteiger partial charge is 0.315 e. The Hall–Kier alpha value is -0.880. The molecule has 0 bridgehead atoms. The average molecular weight is 306 g/mol. The summed E-state index contributed by atoms with van der Waals surface area (Å²) in [5, 5.41) is 0.793. The molecule has 1 heterocycles. The predicted octanol–water partition coefficient (Wildman–Crippen LogP) is 2.43. The van der Waals surface area contributed by atoms with Crippen LogP contribution in [-0.4, -0.2) is 25.5 Å². The van der Waals surface area contributed by atoms with E-state index in [1.807, 2.05) is 12.1 Å². The maximum absolute atomic E-state index is 11.7. The van der Waals surface area contributed by atoms with Gasteiger partial charge < -0.3 is 9.64 Å². The first-order valence-corrected chi connectivity index (χ1v) is 6.33. The van der Waals surface area contributed by atoms with Gasteiger partial charge >= 0.3 is 5.97 Å².